The molecule has 0 spiro atoms. The van der Waals surface area contributed by atoms with Crippen molar-refractivity contribution >= 4 is 0 Å². The lowest BCUT2D eigenvalue weighted by Crippen LogP contribution is -2.46. The SMILES string of the molecule is CC(C)C1CCC(N)(Cc2ncnn2C)CC1. The highest BCUT2D eigenvalue weighted by molar-refractivity contribution is 4.99. The van der Waals surface area contributed by atoms with E-state index in [-0.39, 0.29) is 5.54 Å². The van der Waals surface area contributed by atoms with Gasteiger partial charge < -0.3 is 5.73 Å². The third kappa shape index (κ3) is 2.86. The van der Waals surface area contributed by atoms with Gasteiger partial charge in [0.1, 0.15) is 12.2 Å². The molecule has 0 saturated heterocycles. The number of hydrogen-bond donors (Lipinski definition) is 1. The molecule has 17 heavy (non-hydrogen) atoms. The molecule has 2 N–H and O–H groups in total. The van der Waals surface area contributed by atoms with E-state index in [0.29, 0.717) is 0 Å². The molecule has 0 amide bonds. The highest BCUT2D eigenvalue weighted by atomic mass is 15.3. The van der Waals surface area contributed by atoms with E-state index in [1.165, 1.54) is 12.8 Å². The lowest BCUT2D eigenvalue weighted by atomic mass is 9.72. The molecule has 0 atom stereocenters. The van der Waals surface area contributed by atoms with Gasteiger partial charge in [0.05, 0.1) is 0 Å². The predicted molar refractivity (Wildman–Crippen MR) is 68.4 cm³/mol. The first-order chi connectivity index (χ1) is 8.00. The summed E-state index contributed by atoms with van der Waals surface area (Å²) >= 11 is 0. The molecule has 0 unspecified atom stereocenters. The monoisotopic (exact) mass is 236 g/mol. The van der Waals surface area contributed by atoms with Crippen LogP contribution in [-0.4, -0.2) is 20.3 Å². The molecule has 0 radical (unpaired) electrons. The summed E-state index contributed by atoms with van der Waals surface area (Å²) in [6.45, 7) is 4.63. The second-order valence-corrected chi connectivity index (χ2v) is 5.92. The molecule has 0 bridgehead atoms. The maximum Gasteiger partial charge on any atom is 0.138 e. The summed E-state index contributed by atoms with van der Waals surface area (Å²) in [6, 6.07) is 0. The lowest BCUT2D eigenvalue weighted by Gasteiger charge is -2.38. The Morgan fingerprint density at radius 2 is 2.12 bits per heavy atom. The van der Waals surface area contributed by atoms with Crippen LogP contribution in [0.5, 0.6) is 0 Å². The predicted octanol–water partition coefficient (Wildman–Crippen LogP) is 1.90. The molecular formula is C13H24N4. The quantitative estimate of drug-likeness (QED) is 0.872. The Bertz CT molecular complexity index is 361. The Morgan fingerprint density at radius 3 is 2.59 bits per heavy atom. The third-order valence-corrected chi connectivity index (χ3v) is 4.28. The van der Waals surface area contributed by atoms with Crippen molar-refractivity contribution in [2.75, 3.05) is 0 Å². The van der Waals surface area contributed by atoms with Crippen molar-refractivity contribution in [2.24, 2.45) is 24.6 Å². The Hall–Kier alpha value is -0.900. The standard InChI is InChI=1S/C13H24N4/c1-10(2)11-4-6-13(14,7-5-11)8-12-15-9-16-17(12)3/h9-11H,4-8,14H2,1-3H3. The van der Waals surface area contributed by atoms with Crippen LogP contribution in [0, 0.1) is 11.8 Å². The Kier molecular flexibility index (Phi) is 3.52. The van der Waals surface area contributed by atoms with Crippen molar-refractivity contribution in [3.8, 4) is 0 Å². The minimum absolute atomic E-state index is 0.0633. The highest BCUT2D eigenvalue weighted by Crippen LogP contribution is 2.35. The van der Waals surface area contributed by atoms with E-state index < -0.39 is 0 Å². The van der Waals surface area contributed by atoms with Crippen LogP contribution >= 0.6 is 0 Å². The van der Waals surface area contributed by atoms with E-state index in [0.717, 1.165) is 36.9 Å². The third-order valence-electron chi connectivity index (χ3n) is 4.28. The fourth-order valence-electron chi connectivity index (χ4n) is 2.85. The molecule has 2 rings (SSSR count). The van der Waals surface area contributed by atoms with Crippen LogP contribution in [0.3, 0.4) is 0 Å². The van der Waals surface area contributed by atoms with Crippen LogP contribution in [0.25, 0.3) is 0 Å². The minimum Gasteiger partial charge on any atom is -0.325 e. The molecule has 0 aromatic carbocycles. The van der Waals surface area contributed by atoms with Crippen LogP contribution in [-0.2, 0) is 13.5 Å². The first-order valence-electron chi connectivity index (χ1n) is 6.62. The van der Waals surface area contributed by atoms with E-state index in [2.05, 4.69) is 23.9 Å². The van der Waals surface area contributed by atoms with Gasteiger partial charge in [-0.25, -0.2) is 4.98 Å². The second kappa shape index (κ2) is 4.77. The summed E-state index contributed by atoms with van der Waals surface area (Å²) in [5.74, 6) is 2.65. The number of hydrogen-bond acceptors (Lipinski definition) is 3. The van der Waals surface area contributed by atoms with Crippen molar-refractivity contribution in [1.82, 2.24) is 14.8 Å². The molecule has 1 fully saturated rings. The molecule has 0 aliphatic heterocycles. The van der Waals surface area contributed by atoms with Gasteiger partial charge in [-0.3, -0.25) is 4.68 Å². The summed E-state index contributed by atoms with van der Waals surface area (Å²) < 4.78 is 1.84. The van der Waals surface area contributed by atoms with Gasteiger partial charge in [0.2, 0.25) is 0 Å². The molecule has 1 aliphatic rings. The van der Waals surface area contributed by atoms with Gasteiger partial charge in [0.15, 0.2) is 0 Å². The molecule has 1 aromatic heterocycles. The smallest absolute Gasteiger partial charge is 0.138 e. The summed E-state index contributed by atoms with van der Waals surface area (Å²) in [5, 5.41) is 4.11. The number of rotatable bonds is 3. The van der Waals surface area contributed by atoms with Crippen LogP contribution in [0.1, 0.15) is 45.4 Å². The zero-order valence-electron chi connectivity index (χ0n) is 11.2. The molecular weight excluding hydrogens is 212 g/mol. The number of aromatic nitrogens is 3. The molecule has 1 aliphatic carbocycles. The normalized spacial score (nSPS) is 29.8. The number of nitrogens with two attached hydrogens (primary N) is 1. The van der Waals surface area contributed by atoms with E-state index in [1.54, 1.807) is 6.33 Å². The van der Waals surface area contributed by atoms with Gasteiger partial charge in [-0.2, -0.15) is 5.10 Å². The molecule has 4 nitrogen and oxygen atoms in total. The number of aryl methyl sites for hydroxylation is 1. The Balaban J connectivity index is 1.96. The van der Waals surface area contributed by atoms with Crippen LogP contribution in [0.2, 0.25) is 0 Å². The second-order valence-electron chi connectivity index (χ2n) is 5.92. The summed E-state index contributed by atoms with van der Waals surface area (Å²) in [4.78, 5) is 4.28. The van der Waals surface area contributed by atoms with Gasteiger partial charge in [-0.15, -0.1) is 0 Å². The molecule has 1 aromatic rings. The first kappa shape index (κ1) is 12.6. The maximum absolute atomic E-state index is 6.50. The number of nitrogens with zero attached hydrogens (tertiary/aromatic N) is 3. The fraction of sp³-hybridized carbons (Fsp3) is 0.846. The van der Waals surface area contributed by atoms with Gasteiger partial charge in [0, 0.05) is 19.0 Å². The van der Waals surface area contributed by atoms with Crippen molar-refractivity contribution < 1.29 is 0 Å². The molecule has 4 heteroatoms. The van der Waals surface area contributed by atoms with Gasteiger partial charge >= 0.3 is 0 Å². The molecule has 1 heterocycles. The zero-order valence-corrected chi connectivity index (χ0v) is 11.2. The summed E-state index contributed by atoms with van der Waals surface area (Å²) in [6.07, 6.45) is 7.20. The molecule has 1 saturated carbocycles. The van der Waals surface area contributed by atoms with E-state index in [1.807, 2.05) is 11.7 Å². The van der Waals surface area contributed by atoms with Crippen molar-refractivity contribution in [2.45, 2.75) is 51.5 Å². The maximum atomic E-state index is 6.50. The lowest BCUT2D eigenvalue weighted by molar-refractivity contribution is 0.191. The van der Waals surface area contributed by atoms with Gasteiger partial charge in [-0.1, -0.05) is 13.8 Å². The van der Waals surface area contributed by atoms with E-state index in [9.17, 15) is 0 Å². The minimum atomic E-state index is -0.0633. The van der Waals surface area contributed by atoms with Crippen LogP contribution in [0.15, 0.2) is 6.33 Å². The largest absolute Gasteiger partial charge is 0.325 e. The summed E-state index contributed by atoms with van der Waals surface area (Å²) in [5.41, 5.74) is 6.44. The zero-order chi connectivity index (χ0) is 12.5. The van der Waals surface area contributed by atoms with Crippen LogP contribution in [0.4, 0.5) is 0 Å². The van der Waals surface area contributed by atoms with Gasteiger partial charge in [-0.05, 0) is 37.5 Å². The Morgan fingerprint density at radius 1 is 1.47 bits per heavy atom. The van der Waals surface area contributed by atoms with Gasteiger partial charge in [0.25, 0.3) is 0 Å². The fourth-order valence-corrected chi connectivity index (χ4v) is 2.85. The van der Waals surface area contributed by atoms with E-state index in [4.69, 9.17) is 5.73 Å². The first-order valence-corrected chi connectivity index (χ1v) is 6.62. The average molecular weight is 236 g/mol. The van der Waals surface area contributed by atoms with Crippen molar-refractivity contribution in [3.05, 3.63) is 12.2 Å². The van der Waals surface area contributed by atoms with Crippen LogP contribution < -0.4 is 5.73 Å². The van der Waals surface area contributed by atoms with Crippen molar-refractivity contribution in [3.63, 3.8) is 0 Å². The average Bonchev–Trinajstić information content (AvgIpc) is 2.64. The van der Waals surface area contributed by atoms with E-state index >= 15 is 0 Å². The topological polar surface area (TPSA) is 56.7 Å². The summed E-state index contributed by atoms with van der Waals surface area (Å²) in [7, 11) is 1.94. The molecule has 96 valence electrons. The Labute approximate surface area is 104 Å². The highest BCUT2D eigenvalue weighted by Gasteiger charge is 2.33. The van der Waals surface area contributed by atoms with Crippen molar-refractivity contribution in [1.29, 1.82) is 0 Å².